The molecular formula is C23H23N3O3S. The van der Waals surface area contributed by atoms with Crippen molar-refractivity contribution in [3.63, 3.8) is 0 Å². The van der Waals surface area contributed by atoms with Crippen molar-refractivity contribution in [3.05, 3.63) is 65.7 Å². The van der Waals surface area contributed by atoms with Crippen molar-refractivity contribution in [1.29, 1.82) is 0 Å². The van der Waals surface area contributed by atoms with Crippen molar-refractivity contribution in [1.82, 2.24) is 14.8 Å². The van der Waals surface area contributed by atoms with Gasteiger partial charge >= 0.3 is 0 Å². The molecule has 0 saturated carbocycles. The van der Waals surface area contributed by atoms with Gasteiger partial charge in [0.15, 0.2) is 11.5 Å². The largest absolute Gasteiger partial charge is 0.485 e. The summed E-state index contributed by atoms with van der Waals surface area (Å²) in [5.41, 5.74) is 2.24. The number of aromatic nitrogens is 1. The summed E-state index contributed by atoms with van der Waals surface area (Å²) in [7, 11) is 0. The van der Waals surface area contributed by atoms with Gasteiger partial charge in [-0.15, -0.1) is 11.3 Å². The van der Waals surface area contributed by atoms with Crippen LogP contribution in [-0.2, 0) is 11.3 Å². The molecule has 2 aromatic carbocycles. The molecular weight excluding hydrogens is 398 g/mol. The van der Waals surface area contributed by atoms with Gasteiger partial charge in [-0.2, -0.15) is 0 Å². The highest BCUT2D eigenvalue weighted by Crippen LogP contribution is 2.31. The number of hydrogen-bond donors (Lipinski definition) is 0. The third-order valence-electron chi connectivity index (χ3n) is 5.43. The van der Waals surface area contributed by atoms with E-state index in [1.54, 1.807) is 11.3 Å². The maximum absolute atomic E-state index is 12.9. The maximum Gasteiger partial charge on any atom is 0.267 e. The minimum Gasteiger partial charge on any atom is -0.485 e. The van der Waals surface area contributed by atoms with Crippen LogP contribution in [-0.4, -0.2) is 59.6 Å². The molecule has 1 amide bonds. The fourth-order valence-corrected chi connectivity index (χ4v) is 4.61. The maximum atomic E-state index is 12.9. The lowest BCUT2D eigenvalue weighted by atomic mass is 10.2. The standard InChI is InChI=1S/C23H23N3O3S/c27-23(21-15-28-19-8-4-5-9-20(19)29-21)26-12-10-25(11-13-26)14-18-16-30-22(24-18)17-6-2-1-3-7-17/h1-9,16,21H,10-15H2/t21-/m1/s1. The Kier molecular flexibility index (Phi) is 5.38. The molecule has 1 aromatic heterocycles. The quantitative estimate of drug-likeness (QED) is 0.647. The van der Waals surface area contributed by atoms with Gasteiger partial charge in [-0.1, -0.05) is 42.5 Å². The van der Waals surface area contributed by atoms with Crippen molar-refractivity contribution in [2.75, 3.05) is 32.8 Å². The smallest absolute Gasteiger partial charge is 0.267 e. The van der Waals surface area contributed by atoms with E-state index in [9.17, 15) is 4.79 Å². The van der Waals surface area contributed by atoms with Crippen molar-refractivity contribution < 1.29 is 14.3 Å². The summed E-state index contributed by atoms with van der Waals surface area (Å²) >= 11 is 1.68. The molecule has 1 atom stereocenters. The Bertz CT molecular complexity index is 1020. The minimum atomic E-state index is -0.571. The van der Waals surface area contributed by atoms with Crippen LogP contribution in [0.25, 0.3) is 10.6 Å². The van der Waals surface area contributed by atoms with Crippen molar-refractivity contribution >= 4 is 17.2 Å². The van der Waals surface area contributed by atoms with Gasteiger partial charge in [-0.3, -0.25) is 9.69 Å². The Labute approximate surface area is 179 Å². The molecule has 3 aromatic rings. The lowest BCUT2D eigenvalue weighted by molar-refractivity contribution is -0.143. The summed E-state index contributed by atoms with van der Waals surface area (Å²) in [6.45, 7) is 4.10. The molecule has 30 heavy (non-hydrogen) atoms. The topological polar surface area (TPSA) is 54.9 Å². The number of carbonyl (C=O) groups is 1. The van der Waals surface area contributed by atoms with E-state index >= 15 is 0 Å². The highest BCUT2D eigenvalue weighted by atomic mass is 32.1. The van der Waals surface area contributed by atoms with E-state index in [1.165, 1.54) is 0 Å². The molecule has 0 radical (unpaired) electrons. The minimum absolute atomic E-state index is 0.00387. The molecule has 5 rings (SSSR count). The molecule has 2 aliphatic heterocycles. The van der Waals surface area contributed by atoms with Gasteiger partial charge in [0, 0.05) is 43.7 Å². The third-order valence-corrected chi connectivity index (χ3v) is 6.37. The molecule has 2 aliphatic rings. The monoisotopic (exact) mass is 421 g/mol. The van der Waals surface area contributed by atoms with Gasteiger partial charge in [0.1, 0.15) is 11.6 Å². The Morgan fingerprint density at radius 3 is 2.53 bits per heavy atom. The molecule has 7 heteroatoms. The van der Waals surface area contributed by atoms with Crippen LogP contribution in [0.4, 0.5) is 0 Å². The molecule has 0 unspecified atom stereocenters. The van der Waals surface area contributed by atoms with Crippen LogP contribution >= 0.6 is 11.3 Å². The zero-order valence-electron chi connectivity index (χ0n) is 16.6. The summed E-state index contributed by atoms with van der Waals surface area (Å²) < 4.78 is 11.6. The van der Waals surface area contributed by atoms with E-state index in [1.807, 2.05) is 47.4 Å². The van der Waals surface area contributed by atoms with E-state index in [-0.39, 0.29) is 12.5 Å². The summed E-state index contributed by atoms with van der Waals surface area (Å²) in [4.78, 5) is 21.9. The number of amides is 1. The van der Waals surface area contributed by atoms with Gasteiger partial charge < -0.3 is 14.4 Å². The van der Waals surface area contributed by atoms with Gasteiger partial charge in [-0.25, -0.2) is 4.98 Å². The molecule has 1 saturated heterocycles. The fourth-order valence-electron chi connectivity index (χ4n) is 3.79. The first-order chi connectivity index (χ1) is 14.8. The number of rotatable bonds is 4. The summed E-state index contributed by atoms with van der Waals surface area (Å²) in [5, 5.41) is 3.18. The molecule has 0 bridgehead atoms. The summed E-state index contributed by atoms with van der Waals surface area (Å²) in [6, 6.07) is 17.7. The first-order valence-electron chi connectivity index (χ1n) is 10.2. The molecule has 154 valence electrons. The van der Waals surface area contributed by atoms with Gasteiger partial charge in [-0.05, 0) is 12.1 Å². The van der Waals surface area contributed by atoms with Crippen LogP contribution in [0.1, 0.15) is 5.69 Å². The summed E-state index contributed by atoms with van der Waals surface area (Å²) in [6.07, 6.45) is -0.571. The van der Waals surface area contributed by atoms with E-state index < -0.39 is 6.10 Å². The number of piperazine rings is 1. The highest BCUT2D eigenvalue weighted by Gasteiger charge is 2.32. The van der Waals surface area contributed by atoms with Crippen molar-refractivity contribution in [2.45, 2.75) is 12.6 Å². The predicted octanol–water partition coefficient (Wildman–Crippen LogP) is 3.29. The number of thiazole rings is 1. The fraction of sp³-hybridized carbons (Fsp3) is 0.304. The van der Waals surface area contributed by atoms with Gasteiger partial charge in [0.25, 0.3) is 5.91 Å². The van der Waals surface area contributed by atoms with E-state index in [4.69, 9.17) is 14.5 Å². The van der Waals surface area contributed by atoms with Crippen molar-refractivity contribution in [3.8, 4) is 22.1 Å². The van der Waals surface area contributed by atoms with Crippen LogP contribution < -0.4 is 9.47 Å². The van der Waals surface area contributed by atoms with Crippen LogP contribution in [0.2, 0.25) is 0 Å². The Balaban J connectivity index is 1.14. The number of hydrogen-bond acceptors (Lipinski definition) is 6. The number of benzene rings is 2. The SMILES string of the molecule is O=C([C@H]1COc2ccccc2O1)N1CCN(Cc2csc(-c3ccccc3)n2)CC1. The first kappa shape index (κ1) is 19.1. The lowest BCUT2D eigenvalue weighted by Gasteiger charge is -2.36. The molecule has 0 spiro atoms. The average Bonchev–Trinajstić information content (AvgIpc) is 3.28. The second-order valence-electron chi connectivity index (χ2n) is 7.48. The number of nitrogens with zero attached hydrogens (tertiary/aromatic N) is 3. The Morgan fingerprint density at radius 1 is 1.00 bits per heavy atom. The number of para-hydroxylation sites is 2. The van der Waals surface area contributed by atoms with E-state index in [2.05, 4.69) is 22.4 Å². The van der Waals surface area contributed by atoms with Crippen molar-refractivity contribution in [2.24, 2.45) is 0 Å². The van der Waals surface area contributed by atoms with Gasteiger partial charge in [0.05, 0.1) is 5.69 Å². The number of carbonyl (C=O) groups excluding carboxylic acids is 1. The van der Waals surface area contributed by atoms with Crippen LogP contribution in [0, 0.1) is 0 Å². The summed E-state index contributed by atoms with van der Waals surface area (Å²) in [5.74, 6) is 1.34. The molecule has 0 N–H and O–H groups in total. The zero-order valence-corrected chi connectivity index (χ0v) is 17.4. The second kappa shape index (κ2) is 8.45. The Morgan fingerprint density at radius 2 is 1.73 bits per heavy atom. The predicted molar refractivity (Wildman–Crippen MR) is 116 cm³/mol. The third kappa shape index (κ3) is 4.04. The molecule has 3 heterocycles. The lowest BCUT2D eigenvalue weighted by Crippen LogP contribution is -2.53. The molecule has 0 aliphatic carbocycles. The Hall–Kier alpha value is -2.90. The second-order valence-corrected chi connectivity index (χ2v) is 8.33. The number of fused-ring (bicyclic) bond motifs is 1. The molecule has 6 nitrogen and oxygen atoms in total. The average molecular weight is 422 g/mol. The number of ether oxygens (including phenoxy) is 2. The highest BCUT2D eigenvalue weighted by molar-refractivity contribution is 7.13. The van der Waals surface area contributed by atoms with Crippen LogP contribution in [0.15, 0.2) is 60.0 Å². The zero-order chi connectivity index (χ0) is 20.3. The van der Waals surface area contributed by atoms with E-state index in [0.29, 0.717) is 24.6 Å². The normalized spacial score (nSPS) is 18.9. The molecule has 1 fully saturated rings. The first-order valence-corrected chi connectivity index (χ1v) is 11.0. The van der Waals surface area contributed by atoms with E-state index in [0.717, 1.165) is 35.9 Å². The van der Waals surface area contributed by atoms with Gasteiger partial charge in [0.2, 0.25) is 6.10 Å². The van der Waals surface area contributed by atoms with Crippen LogP contribution in [0.3, 0.4) is 0 Å². The van der Waals surface area contributed by atoms with Crippen LogP contribution in [0.5, 0.6) is 11.5 Å².